The van der Waals surface area contributed by atoms with E-state index >= 15 is 0 Å². The van der Waals surface area contributed by atoms with Gasteiger partial charge in [-0.1, -0.05) is 36.4 Å². The SMILES string of the molecule is Cc1c(-n2c3ccccc3c3ccccc32)csc1-c1cccc[n+]1C. The molecule has 0 spiro atoms. The van der Waals surface area contributed by atoms with Crippen LogP contribution in [0.15, 0.2) is 78.3 Å². The summed E-state index contributed by atoms with van der Waals surface area (Å²) in [6.45, 7) is 2.23. The van der Waals surface area contributed by atoms with E-state index in [4.69, 9.17) is 0 Å². The molecule has 0 saturated carbocycles. The van der Waals surface area contributed by atoms with Crippen molar-refractivity contribution in [1.29, 1.82) is 0 Å². The van der Waals surface area contributed by atoms with Crippen LogP contribution in [0.1, 0.15) is 5.56 Å². The molecule has 0 radical (unpaired) electrons. The molecule has 0 fully saturated rings. The fourth-order valence-electron chi connectivity index (χ4n) is 3.82. The Bertz CT molecular complexity index is 1210. The molecule has 0 saturated heterocycles. The maximum atomic E-state index is 2.41. The molecule has 0 amide bonds. The summed E-state index contributed by atoms with van der Waals surface area (Å²) >= 11 is 1.82. The molecular formula is C23H19N2S+. The number of thiophene rings is 1. The molecule has 0 aliphatic carbocycles. The summed E-state index contributed by atoms with van der Waals surface area (Å²) < 4.78 is 4.59. The highest BCUT2D eigenvalue weighted by atomic mass is 32.1. The lowest BCUT2D eigenvalue weighted by atomic mass is 10.2. The average molecular weight is 355 g/mol. The minimum Gasteiger partial charge on any atom is -0.308 e. The first-order valence-electron chi connectivity index (χ1n) is 8.77. The Kier molecular flexibility index (Phi) is 3.44. The van der Waals surface area contributed by atoms with E-state index in [1.54, 1.807) is 0 Å². The average Bonchev–Trinajstić information content (AvgIpc) is 3.20. The number of hydrogen-bond donors (Lipinski definition) is 0. The van der Waals surface area contributed by atoms with E-state index in [1.807, 2.05) is 11.3 Å². The first-order chi connectivity index (χ1) is 12.8. The van der Waals surface area contributed by atoms with Crippen LogP contribution in [0, 0.1) is 6.92 Å². The number of benzene rings is 2. The molecule has 5 aromatic rings. The van der Waals surface area contributed by atoms with Crippen LogP contribution in [0.4, 0.5) is 0 Å². The van der Waals surface area contributed by atoms with Gasteiger partial charge in [0.1, 0.15) is 11.9 Å². The number of aryl methyl sites for hydroxylation is 1. The Hall–Kier alpha value is -2.91. The van der Waals surface area contributed by atoms with Crippen molar-refractivity contribution in [3.63, 3.8) is 0 Å². The van der Waals surface area contributed by atoms with Crippen LogP contribution in [-0.2, 0) is 7.05 Å². The molecule has 0 atom stereocenters. The highest BCUT2D eigenvalue weighted by Crippen LogP contribution is 2.38. The zero-order valence-corrected chi connectivity index (χ0v) is 15.6. The van der Waals surface area contributed by atoms with E-state index in [1.165, 1.54) is 43.6 Å². The van der Waals surface area contributed by atoms with Crippen LogP contribution in [0.5, 0.6) is 0 Å². The van der Waals surface area contributed by atoms with Gasteiger partial charge in [0.2, 0.25) is 5.69 Å². The van der Waals surface area contributed by atoms with Crippen LogP contribution in [0.3, 0.4) is 0 Å². The number of rotatable bonds is 2. The normalized spacial score (nSPS) is 11.5. The second-order valence-corrected chi connectivity index (χ2v) is 7.52. The third kappa shape index (κ3) is 2.14. The number of fused-ring (bicyclic) bond motifs is 3. The highest BCUT2D eigenvalue weighted by molar-refractivity contribution is 7.14. The third-order valence-corrected chi connectivity index (χ3v) is 6.21. The van der Waals surface area contributed by atoms with Crippen molar-refractivity contribution in [3.05, 3.63) is 83.9 Å². The molecule has 3 heteroatoms. The van der Waals surface area contributed by atoms with Gasteiger partial charge in [-0.05, 0) is 30.7 Å². The summed E-state index contributed by atoms with van der Waals surface area (Å²) in [7, 11) is 2.11. The Morgan fingerprint density at radius 1 is 0.808 bits per heavy atom. The molecule has 0 N–H and O–H groups in total. The Morgan fingerprint density at radius 3 is 2.08 bits per heavy atom. The van der Waals surface area contributed by atoms with Crippen molar-refractivity contribution in [2.75, 3.05) is 0 Å². The van der Waals surface area contributed by atoms with Crippen LogP contribution in [-0.4, -0.2) is 4.57 Å². The van der Waals surface area contributed by atoms with Crippen molar-refractivity contribution < 1.29 is 4.57 Å². The number of para-hydroxylation sites is 2. The Labute approximate surface area is 156 Å². The summed E-state index contributed by atoms with van der Waals surface area (Å²) in [5.41, 5.74) is 6.37. The summed E-state index contributed by atoms with van der Waals surface area (Å²) in [5, 5.41) is 4.90. The van der Waals surface area contributed by atoms with Gasteiger partial charge < -0.3 is 4.57 Å². The lowest BCUT2D eigenvalue weighted by Crippen LogP contribution is -2.29. The number of aromatic nitrogens is 2. The topological polar surface area (TPSA) is 8.81 Å². The summed E-state index contributed by atoms with van der Waals surface area (Å²) in [4.78, 5) is 1.32. The zero-order valence-electron chi connectivity index (χ0n) is 14.8. The second-order valence-electron chi connectivity index (χ2n) is 6.64. The molecule has 5 rings (SSSR count). The van der Waals surface area contributed by atoms with Crippen molar-refractivity contribution in [1.82, 2.24) is 4.57 Å². The highest BCUT2D eigenvalue weighted by Gasteiger charge is 2.20. The molecule has 2 aromatic carbocycles. The fraction of sp³-hybridized carbons (Fsp3) is 0.0870. The number of pyridine rings is 1. The van der Waals surface area contributed by atoms with Crippen molar-refractivity contribution in [2.45, 2.75) is 6.92 Å². The summed E-state index contributed by atoms with van der Waals surface area (Å²) in [6, 6.07) is 23.7. The van der Waals surface area contributed by atoms with Gasteiger partial charge in [0.25, 0.3) is 0 Å². The van der Waals surface area contributed by atoms with Crippen LogP contribution >= 0.6 is 11.3 Å². The molecule has 2 nitrogen and oxygen atoms in total. The van der Waals surface area contributed by atoms with Gasteiger partial charge in [-0.25, -0.2) is 4.57 Å². The monoisotopic (exact) mass is 355 g/mol. The minimum absolute atomic E-state index is 1.25. The Balaban J connectivity index is 1.83. The first-order valence-corrected chi connectivity index (χ1v) is 9.65. The van der Waals surface area contributed by atoms with Gasteiger partial charge in [-0.2, -0.15) is 0 Å². The van der Waals surface area contributed by atoms with Gasteiger partial charge >= 0.3 is 0 Å². The molecule has 0 aliphatic heterocycles. The smallest absolute Gasteiger partial charge is 0.222 e. The third-order valence-electron chi connectivity index (χ3n) is 5.12. The van der Waals surface area contributed by atoms with Crippen molar-refractivity contribution >= 4 is 33.1 Å². The zero-order chi connectivity index (χ0) is 17.7. The summed E-state index contributed by atoms with van der Waals surface area (Å²) in [6.07, 6.45) is 2.11. The minimum atomic E-state index is 1.25. The van der Waals surface area contributed by atoms with Gasteiger partial charge in [-0.15, -0.1) is 11.3 Å². The number of hydrogen-bond acceptors (Lipinski definition) is 1. The molecule has 0 bridgehead atoms. The molecule has 3 heterocycles. The van der Waals surface area contributed by atoms with E-state index in [0.717, 1.165) is 0 Å². The lowest BCUT2D eigenvalue weighted by Gasteiger charge is -2.07. The predicted molar refractivity (Wildman–Crippen MR) is 110 cm³/mol. The fourth-order valence-corrected chi connectivity index (χ4v) is 4.95. The van der Waals surface area contributed by atoms with Gasteiger partial charge in [0.15, 0.2) is 6.20 Å². The Morgan fingerprint density at radius 2 is 1.42 bits per heavy atom. The van der Waals surface area contributed by atoms with E-state index in [9.17, 15) is 0 Å². The van der Waals surface area contributed by atoms with Crippen LogP contribution in [0.2, 0.25) is 0 Å². The molecule has 0 aliphatic rings. The van der Waals surface area contributed by atoms with Crippen molar-refractivity contribution in [2.24, 2.45) is 7.05 Å². The van der Waals surface area contributed by atoms with E-state index < -0.39 is 0 Å². The lowest BCUT2D eigenvalue weighted by molar-refractivity contribution is -0.660. The molecule has 0 unspecified atom stereocenters. The van der Waals surface area contributed by atoms with Crippen molar-refractivity contribution in [3.8, 4) is 16.3 Å². The molecule has 3 aromatic heterocycles. The molecule has 26 heavy (non-hydrogen) atoms. The van der Waals surface area contributed by atoms with E-state index in [0.29, 0.717) is 0 Å². The van der Waals surface area contributed by atoms with E-state index in [-0.39, 0.29) is 0 Å². The predicted octanol–water partition coefficient (Wildman–Crippen LogP) is 5.65. The first kappa shape index (κ1) is 15.4. The van der Waals surface area contributed by atoms with Gasteiger partial charge in [0.05, 0.1) is 16.7 Å². The quantitative estimate of drug-likeness (QED) is 0.362. The molecular weight excluding hydrogens is 336 g/mol. The maximum absolute atomic E-state index is 2.41. The van der Waals surface area contributed by atoms with Gasteiger partial charge in [0, 0.05) is 28.3 Å². The summed E-state index contributed by atoms with van der Waals surface area (Å²) in [5.74, 6) is 0. The number of nitrogens with zero attached hydrogens (tertiary/aromatic N) is 2. The molecule has 126 valence electrons. The second kappa shape index (κ2) is 5.82. The van der Waals surface area contributed by atoms with Crippen LogP contribution < -0.4 is 4.57 Å². The van der Waals surface area contributed by atoms with Crippen LogP contribution in [0.25, 0.3) is 38.1 Å². The largest absolute Gasteiger partial charge is 0.308 e. The maximum Gasteiger partial charge on any atom is 0.222 e. The van der Waals surface area contributed by atoms with E-state index in [2.05, 4.69) is 101 Å². The standard InChI is InChI=1S/C23H19N2S/c1-16-22(15-26-23(16)21-13-7-8-14-24(21)2)25-19-11-5-3-9-17(19)18-10-4-6-12-20(18)25/h3-15H,1-2H3/q+1. The van der Waals surface area contributed by atoms with Gasteiger partial charge in [-0.3, -0.25) is 0 Å².